The van der Waals surface area contributed by atoms with Crippen LogP contribution in [-0.4, -0.2) is 38.7 Å². The Labute approximate surface area is 162 Å². The van der Waals surface area contributed by atoms with Crippen LogP contribution in [0.25, 0.3) is 0 Å². The Morgan fingerprint density at radius 2 is 1.52 bits per heavy atom. The third-order valence-corrected chi connectivity index (χ3v) is 5.21. The number of hydrogen-bond acceptors (Lipinski definition) is 3. The summed E-state index contributed by atoms with van der Waals surface area (Å²) < 4.78 is 102. The number of carbonyl (C=O) groups is 1. The molecule has 0 heterocycles. The topological polar surface area (TPSA) is 54.5 Å². The maximum atomic E-state index is 13.6. The van der Waals surface area contributed by atoms with Gasteiger partial charge in [-0.1, -0.05) is 12.1 Å². The molecule has 158 valence electrons. The Hall–Kier alpha value is -2.56. The van der Waals surface area contributed by atoms with Crippen LogP contribution in [0.4, 0.5) is 26.3 Å². The van der Waals surface area contributed by atoms with Gasteiger partial charge in [0.25, 0.3) is 5.91 Å². The molecule has 1 amide bonds. The molecular formula is C18H15F6NO3S. The lowest BCUT2D eigenvalue weighted by atomic mass is 10.0. The Morgan fingerprint density at radius 3 is 1.97 bits per heavy atom. The van der Waals surface area contributed by atoms with Gasteiger partial charge in [-0.15, -0.1) is 0 Å². The predicted octanol–water partition coefficient (Wildman–Crippen LogP) is 4.48. The van der Waals surface area contributed by atoms with E-state index in [9.17, 15) is 39.6 Å². The van der Waals surface area contributed by atoms with Crippen LogP contribution in [0.1, 0.15) is 27.5 Å². The number of rotatable bonds is 4. The maximum absolute atomic E-state index is 13.6. The molecular weight excluding hydrogens is 424 g/mol. The van der Waals surface area contributed by atoms with Crippen molar-refractivity contribution >= 4 is 15.7 Å². The van der Waals surface area contributed by atoms with Crippen molar-refractivity contribution in [3.05, 3.63) is 65.2 Å². The molecule has 1 unspecified atom stereocenters. The molecule has 0 saturated carbocycles. The highest BCUT2D eigenvalue weighted by Crippen LogP contribution is 2.39. The molecule has 0 aliphatic rings. The van der Waals surface area contributed by atoms with Gasteiger partial charge < -0.3 is 4.90 Å². The van der Waals surface area contributed by atoms with Gasteiger partial charge >= 0.3 is 12.4 Å². The zero-order chi connectivity index (χ0) is 22.2. The minimum absolute atomic E-state index is 0.137. The molecule has 29 heavy (non-hydrogen) atoms. The molecule has 0 radical (unpaired) electrons. The smallest absolute Gasteiger partial charge is 0.326 e. The maximum Gasteiger partial charge on any atom is 0.416 e. The van der Waals surface area contributed by atoms with Gasteiger partial charge in [0.15, 0.2) is 15.9 Å². The van der Waals surface area contributed by atoms with E-state index < -0.39 is 45.3 Å². The number of alkyl halides is 6. The van der Waals surface area contributed by atoms with Crippen LogP contribution in [0, 0.1) is 0 Å². The molecule has 0 spiro atoms. The standard InChI is InChI=1S/C18H15F6NO3S/c1-25(16(26)11-6-8-14(9-7-11)29(2,27)28)15(18(22,23)24)12-4-3-5-13(10-12)17(19,20)21/h3-10,15H,1-2H3. The summed E-state index contributed by atoms with van der Waals surface area (Å²) in [7, 11) is -2.77. The lowest BCUT2D eigenvalue weighted by Gasteiger charge is -2.31. The zero-order valence-electron chi connectivity index (χ0n) is 15.0. The van der Waals surface area contributed by atoms with Gasteiger partial charge in [-0.3, -0.25) is 4.79 Å². The van der Waals surface area contributed by atoms with E-state index in [0.717, 1.165) is 49.7 Å². The van der Waals surface area contributed by atoms with Crippen molar-refractivity contribution < 1.29 is 39.6 Å². The highest BCUT2D eigenvalue weighted by Gasteiger charge is 2.46. The summed E-state index contributed by atoms with van der Waals surface area (Å²) >= 11 is 0. The van der Waals surface area contributed by atoms with Crippen LogP contribution in [0.15, 0.2) is 53.4 Å². The average Bonchev–Trinajstić information content (AvgIpc) is 2.59. The van der Waals surface area contributed by atoms with E-state index >= 15 is 0 Å². The molecule has 11 heteroatoms. The van der Waals surface area contributed by atoms with E-state index in [0.29, 0.717) is 12.1 Å². The fourth-order valence-corrected chi connectivity index (χ4v) is 3.31. The first-order valence-corrected chi connectivity index (χ1v) is 9.82. The molecule has 1 atom stereocenters. The fourth-order valence-electron chi connectivity index (χ4n) is 2.68. The molecule has 0 aromatic heterocycles. The summed E-state index contributed by atoms with van der Waals surface area (Å²) in [5.41, 5.74) is -2.28. The van der Waals surface area contributed by atoms with Crippen molar-refractivity contribution in [2.24, 2.45) is 0 Å². The van der Waals surface area contributed by atoms with Gasteiger partial charge in [0.2, 0.25) is 0 Å². The first-order chi connectivity index (χ1) is 13.1. The van der Waals surface area contributed by atoms with Crippen molar-refractivity contribution in [3.63, 3.8) is 0 Å². The van der Waals surface area contributed by atoms with Crippen LogP contribution in [0.5, 0.6) is 0 Å². The largest absolute Gasteiger partial charge is 0.416 e. The van der Waals surface area contributed by atoms with Crippen LogP contribution in [-0.2, 0) is 16.0 Å². The normalized spacial score (nSPS) is 13.8. The lowest BCUT2D eigenvalue weighted by Crippen LogP contribution is -2.40. The lowest BCUT2D eigenvalue weighted by molar-refractivity contribution is -0.176. The van der Waals surface area contributed by atoms with Gasteiger partial charge in [-0.05, 0) is 42.0 Å². The van der Waals surface area contributed by atoms with E-state index in [1.807, 2.05) is 0 Å². The van der Waals surface area contributed by atoms with Crippen molar-refractivity contribution in [3.8, 4) is 0 Å². The Balaban J connectivity index is 2.45. The van der Waals surface area contributed by atoms with Crippen LogP contribution < -0.4 is 0 Å². The van der Waals surface area contributed by atoms with Crippen LogP contribution in [0.3, 0.4) is 0 Å². The fraction of sp³-hybridized carbons (Fsp3) is 0.278. The SMILES string of the molecule is CN(C(=O)c1ccc(S(C)(=O)=O)cc1)C(c1cccc(C(F)(F)F)c1)C(F)(F)F. The molecule has 2 aromatic rings. The van der Waals surface area contributed by atoms with E-state index in [2.05, 4.69) is 0 Å². The molecule has 0 fully saturated rings. The first kappa shape index (κ1) is 22.7. The number of amides is 1. The number of carbonyl (C=O) groups excluding carboxylic acids is 1. The second-order valence-corrected chi connectivity index (χ2v) is 8.30. The van der Waals surface area contributed by atoms with Crippen LogP contribution in [0.2, 0.25) is 0 Å². The van der Waals surface area contributed by atoms with Gasteiger partial charge in [0, 0.05) is 18.9 Å². The van der Waals surface area contributed by atoms with Gasteiger partial charge in [-0.25, -0.2) is 8.42 Å². The quantitative estimate of drug-likeness (QED) is 0.660. The predicted molar refractivity (Wildman–Crippen MR) is 91.9 cm³/mol. The third kappa shape index (κ3) is 5.28. The molecule has 4 nitrogen and oxygen atoms in total. The van der Waals surface area contributed by atoms with E-state index in [1.54, 1.807) is 0 Å². The number of benzene rings is 2. The minimum atomic E-state index is -5.05. The Kier molecular flexibility index (Phi) is 6.03. The highest BCUT2D eigenvalue weighted by atomic mass is 32.2. The Bertz CT molecular complexity index is 997. The second-order valence-electron chi connectivity index (χ2n) is 6.28. The minimum Gasteiger partial charge on any atom is -0.326 e. The van der Waals surface area contributed by atoms with E-state index in [1.165, 1.54) is 0 Å². The van der Waals surface area contributed by atoms with E-state index in [4.69, 9.17) is 0 Å². The summed E-state index contributed by atoms with van der Waals surface area (Å²) in [6, 6.07) is 4.21. The molecule has 0 bridgehead atoms. The van der Waals surface area contributed by atoms with E-state index in [-0.39, 0.29) is 15.4 Å². The van der Waals surface area contributed by atoms with Gasteiger partial charge in [0.1, 0.15) is 0 Å². The van der Waals surface area contributed by atoms with Gasteiger partial charge in [-0.2, -0.15) is 26.3 Å². The molecule has 0 saturated heterocycles. The summed E-state index contributed by atoms with van der Waals surface area (Å²) in [6.45, 7) is 0. The summed E-state index contributed by atoms with van der Waals surface area (Å²) in [6.07, 6.45) is -8.99. The highest BCUT2D eigenvalue weighted by molar-refractivity contribution is 7.90. The van der Waals surface area contributed by atoms with Crippen LogP contribution >= 0.6 is 0 Å². The molecule has 2 aromatic carbocycles. The molecule has 2 rings (SSSR count). The Morgan fingerprint density at radius 1 is 0.966 bits per heavy atom. The number of nitrogens with zero attached hydrogens (tertiary/aromatic N) is 1. The summed E-state index contributed by atoms with van der Waals surface area (Å²) in [5, 5.41) is 0. The number of sulfone groups is 1. The molecule has 0 aliphatic heterocycles. The van der Waals surface area contributed by atoms with Crippen molar-refractivity contribution in [1.29, 1.82) is 0 Å². The van der Waals surface area contributed by atoms with Crippen molar-refractivity contribution in [2.75, 3.05) is 13.3 Å². The average molecular weight is 439 g/mol. The van der Waals surface area contributed by atoms with Crippen molar-refractivity contribution in [2.45, 2.75) is 23.3 Å². The zero-order valence-corrected chi connectivity index (χ0v) is 15.9. The second kappa shape index (κ2) is 7.69. The number of hydrogen-bond donors (Lipinski definition) is 0. The van der Waals surface area contributed by atoms with Crippen molar-refractivity contribution in [1.82, 2.24) is 4.90 Å². The summed E-state index contributed by atoms with van der Waals surface area (Å²) in [5.74, 6) is -1.13. The molecule has 0 N–H and O–H groups in total. The molecule has 0 aliphatic carbocycles. The first-order valence-electron chi connectivity index (χ1n) is 7.93. The summed E-state index contributed by atoms with van der Waals surface area (Å²) in [4.78, 5) is 12.6. The third-order valence-electron chi connectivity index (χ3n) is 4.08. The monoisotopic (exact) mass is 439 g/mol. The number of halogens is 6. The van der Waals surface area contributed by atoms with Gasteiger partial charge in [0.05, 0.1) is 10.5 Å².